The van der Waals surface area contributed by atoms with Gasteiger partial charge in [0.2, 0.25) is 5.91 Å². The predicted molar refractivity (Wildman–Crippen MR) is 288 cm³/mol. The van der Waals surface area contributed by atoms with Crippen molar-refractivity contribution in [3.63, 3.8) is 0 Å². The summed E-state index contributed by atoms with van der Waals surface area (Å²) in [6.45, 7) is 2.40. The van der Waals surface area contributed by atoms with Crippen molar-refractivity contribution in [2.45, 2.75) is 70.4 Å². The third-order valence-corrected chi connectivity index (χ3v) is 17.5. The zero-order chi connectivity index (χ0) is 57.1. The number of methoxy groups -OCH3 is 1. The maximum atomic E-state index is 14.6. The second-order valence-electron chi connectivity index (χ2n) is 18.2. The molecule has 81 heavy (non-hydrogen) atoms. The van der Waals surface area contributed by atoms with Crippen LogP contribution in [-0.4, -0.2) is 135 Å². The molecule has 6 unspecified atom stereocenters. The molecule has 0 saturated heterocycles. The molecule has 10 heterocycles. The molecular formula is C50H41N11O15S5. The number of benzene rings is 1. The topological polar surface area (TPSA) is 368 Å². The smallest absolute Gasteiger partial charge is 0.358 e. The molecule has 12 bridgehead atoms. The SMILES string of the molecule is COC(C)=C1NC(=O)C(C(C)O)NC(=O)c2csc(n2)-c2cc(O)c(-c3nc(C(C)=O)cs3)nc2-c2csc(n2)C2COC(=O)c3c4c5c(cccc5n3O)COC(=O)C(O)C(OC4)C(NC(=O)c3csc1n3)c1nc(cs1)C(=O)N2. The minimum atomic E-state index is -2.18. The molecule has 0 radical (unpaired) electrons. The Labute approximate surface area is 475 Å². The number of aromatic nitrogens is 7. The number of carbonyl (C=O) groups excluding carboxylic acids is 7. The van der Waals surface area contributed by atoms with Gasteiger partial charge in [0.25, 0.3) is 17.7 Å². The highest BCUT2D eigenvalue weighted by molar-refractivity contribution is 7.14. The van der Waals surface area contributed by atoms with Crippen molar-refractivity contribution in [2.75, 3.05) is 13.7 Å². The molecule has 416 valence electrons. The van der Waals surface area contributed by atoms with Crippen LogP contribution in [0, 0.1) is 0 Å². The Bertz CT molecular complexity index is 3950. The van der Waals surface area contributed by atoms with Gasteiger partial charge < -0.3 is 60.7 Å². The van der Waals surface area contributed by atoms with Crippen LogP contribution in [0.1, 0.15) is 111 Å². The van der Waals surface area contributed by atoms with Gasteiger partial charge in [-0.3, -0.25) is 24.0 Å². The number of thiazole rings is 5. The number of pyridine rings is 1. The lowest BCUT2D eigenvalue weighted by atomic mass is 10.0. The number of hydrogen-bond donors (Lipinski definition) is 8. The Morgan fingerprint density at radius 3 is 2.19 bits per heavy atom. The molecule has 4 amide bonds. The zero-order valence-electron chi connectivity index (χ0n) is 42.2. The lowest BCUT2D eigenvalue weighted by molar-refractivity contribution is -0.166. The average molecular weight is 1200 g/mol. The molecule has 0 aliphatic carbocycles. The molecule has 6 atom stereocenters. The number of allylic oxidation sites excluding steroid dienone is 1. The number of aromatic hydroxyl groups is 1. The number of aliphatic hydroxyl groups is 2. The van der Waals surface area contributed by atoms with Crippen LogP contribution in [0.3, 0.4) is 0 Å². The third-order valence-electron chi connectivity index (χ3n) is 13.0. The van der Waals surface area contributed by atoms with Gasteiger partial charge in [0, 0.05) is 50.3 Å². The molecule has 3 aliphatic heterocycles. The Morgan fingerprint density at radius 1 is 0.778 bits per heavy atom. The van der Waals surface area contributed by atoms with E-state index in [0.29, 0.717) is 10.3 Å². The van der Waals surface area contributed by atoms with Gasteiger partial charge >= 0.3 is 11.9 Å². The Balaban J connectivity index is 1.11. The molecule has 7 aromatic heterocycles. The molecule has 0 fully saturated rings. The third kappa shape index (κ3) is 10.3. The number of nitrogens with one attached hydrogen (secondary N) is 4. The summed E-state index contributed by atoms with van der Waals surface area (Å²) < 4.78 is 24.0. The minimum Gasteiger partial charge on any atom is -0.506 e. The molecule has 0 spiro atoms. The van der Waals surface area contributed by atoms with E-state index in [2.05, 4.69) is 41.2 Å². The number of cyclic esters (lactones) is 2. The van der Waals surface area contributed by atoms with Gasteiger partial charge in [-0.15, -0.1) is 56.7 Å². The van der Waals surface area contributed by atoms with Gasteiger partial charge in [0.15, 0.2) is 17.6 Å². The molecule has 1 aromatic carbocycles. The van der Waals surface area contributed by atoms with Crippen molar-refractivity contribution in [3.05, 3.63) is 112 Å². The number of carbonyl (C=O) groups is 7. The molecule has 8 aromatic rings. The van der Waals surface area contributed by atoms with E-state index in [-0.39, 0.29) is 104 Å². The first-order valence-corrected chi connectivity index (χ1v) is 28.4. The van der Waals surface area contributed by atoms with E-state index in [0.717, 1.165) is 56.7 Å². The van der Waals surface area contributed by atoms with Crippen molar-refractivity contribution in [1.82, 2.24) is 55.9 Å². The number of ketones is 1. The van der Waals surface area contributed by atoms with E-state index in [9.17, 15) is 54.1 Å². The fourth-order valence-electron chi connectivity index (χ4n) is 8.86. The normalized spacial score (nSPS) is 20.9. The van der Waals surface area contributed by atoms with E-state index in [1.165, 1.54) is 61.5 Å². The average Bonchev–Trinajstić information content (AvgIpc) is 4.53. The summed E-state index contributed by atoms with van der Waals surface area (Å²) in [7, 11) is 1.31. The van der Waals surface area contributed by atoms with E-state index in [4.69, 9.17) is 28.9 Å². The van der Waals surface area contributed by atoms with Crippen molar-refractivity contribution >= 4 is 115 Å². The number of Topliss-reactive ketones (excluding diaryl/α,β-unsaturated/α-hetero) is 1. The lowest BCUT2D eigenvalue weighted by Crippen LogP contribution is -2.52. The highest BCUT2D eigenvalue weighted by Crippen LogP contribution is 2.42. The summed E-state index contributed by atoms with van der Waals surface area (Å²) in [6, 6.07) is 1.41. The van der Waals surface area contributed by atoms with Crippen molar-refractivity contribution in [2.24, 2.45) is 0 Å². The van der Waals surface area contributed by atoms with E-state index < -0.39 is 103 Å². The molecule has 31 heteroatoms. The van der Waals surface area contributed by atoms with E-state index >= 15 is 0 Å². The second-order valence-corrected chi connectivity index (χ2v) is 22.6. The number of ether oxygens (including phenoxy) is 4. The number of amides is 4. The minimum absolute atomic E-state index is 0.00721. The monoisotopic (exact) mass is 1200 g/mol. The summed E-state index contributed by atoms with van der Waals surface area (Å²) in [6.07, 6.45) is -5.49. The summed E-state index contributed by atoms with van der Waals surface area (Å²) in [5.74, 6) is -6.58. The van der Waals surface area contributed by atoms with Crippen molar-refractivity contribution in [3.8, 4) is 38.4 Å². The quantitative estimate of drug-likeness (QED) is 0.0519. The van der Waals surface area contributed by atoms with Crippen LogP contribution in [0.5, 0.6) is 5.75 Å². The van der Waals surface area contributed by atoms with Gasteiger partial charge in [0.05, 0.1) is 25.3 Å². The zero-order valence-corrected chi connectivity index (χ0v) is 46.3. The summed E-state index contributed by atoms with van der Waals surface area (Å²) >= 11 is 4.71. The van der Waals surface area contributed by atoms with Crippen molar-refractivity contribution < 1.29 is 73.0 Å². The van der Waals surface area contributed by atoms with Crippen LogP contribution < -0.4 is 21.3 Å². The highest BCUT2D eigenvalue weighted by atomic mass is 32.1. The predicted octanol–water partition coefficient (Wildman–Crippen LogP) is 4.52. The van der Waals surface area contributed by atoms with Crippen LogP contribution >= 0.6 is 56.7 Å². The largest absolute Gasteiger partial charge is 0.506 e. The maximum absolute atomic E-state index is 14.6. The summed E-state index contributed by atoms with van der Waals surface area (Å²) in [4.78, 5) is 126. The van der Waals surface area contributed by atoms with Gasteiger partial charge in [0.1, 0.15) is 120 Å². The Morgan fingerprint density at radius 2 is 1.44 bits per heavy atom. The molecular weight excluding hydrogens is 1150 g/mol. The Hall–Kier alpha value is -8.43. The second kappa shape index (κ2) is 21.9. The van der Waals surface area contributed by atoms with E-state index in [1.807, 2.05) is 0 Å². The fourth-order valence-corrected chi connectivity index (χ4v) is 13.1. The van der Waals surface area contributed by atoms with E-state index in [1.54, 1.807) is 17.5 Å². The molecule has 3 aliphatic rings. The fraction of sp³-hybridized carbons (Fsp3) is 0.260. The maximum Gasteiger partial charge on any atom is 0.358 e. The van der Waals surface area contributed by atoms with Crippen LogP contribution in [0.25, 0.3) is 49.3 Å². The van der Waals surface area contributed by atoms with Gasteiger partial charge in [-0.25, -0.2) is 39.5 Å². The molecule has 11 rings (SSSR count). The van der Waals surface area contributed by atoms with Crippen LogP contribution in [0.4, 0.5) is 0 Å². The van der Waals surface area contributed by atoms with Gasteiger partial charge in [-0.05, 0) is 31.5 Å². The van der Waals surface area contributed by atoms with Crippen molar-refractivity contribution in [1.29, 1.82) is 0 Å². The molecule has 8 N–H and O–H groups in total. The van der Waals surface area contributed by atoms with Gasteiger partial charge in [-0.1, -0.05) is 12.1 Å². The summed E-state index contributed by atoms with van der Waals surface area (Å²) in [5, 5.41) is 64.5. The van der Waals surface area contributed by atoms with Crippen LogP contribution in [0.2, 0.25) is 0 Å². The first-order valence-electron chi connectivity index (χ1n) is 24.0. The standard InChI is InChI=1S/C50H41N11O15S5/c1-17(62)24-12-79-47(52-24)35-30(64)8-21-34(57-35)25-13-78-45(53-25)23-11-76-49(70)37-22-10-74-39(38(65)50(71)75-9-20-6-5-7-29(31(20)22)61(37)72)36(48-56-26(15-81-48)40(66)51-23)60-42(68)28-16-80-46(55-28)33(19(3)73-4)59-43(69)32(18(2)63)58-41(67)27-14-77-44(21)54-27/h5-8,12-16,18,23,32,36,38-39,63-65,72H,9-11H2,1-4H3,(H,51,66)(H,58,67)(H,59,69)(H,60,68). The molecule has 26 nitrogen and oxygen atoms in total. The number of rotatable bonds is 4. The highest BCUT2D eigenvalue weighted by Gasteiger charge is 2.42. The first-order chi connectivity index (χ1) is 38.9. The summed E-state index contributed by atoms with van der Waals surface area (Å²) in [5.41, 5.74) is -0.446. The molecule has 0 saturated carbocycles. The number of hydrogen-bond acceptors (Lipinski definition) is 26. The lowest BCUT2D eigenvalue weighted by Gasteiger charge is -2.30. The number of aliphatic hydroxyl groups excluding tert-OH is 2. The number of esters is 2. The van der Waals surface area contributed by atoms with Gasteiger partial charge in [-0.2, -0.15) is 4.73 Å². The Kier molecular flexibility index (Phi) is 14.7. The van der Waals surface area contributed by atoms with Crippen LogP contribution in [-0.2, 0) is 41.8 Å². The number of fused-ring (bicyclic) bond motifs is 15. The van der Waals surface area contributed by atoms with Crippen LogP contribution in [0.15, 0.2) is 56.9 Å². The number of nitrogens with zero attached hydrogens (tertiary/aromatic N) is 7. The first kappa shape index (κ1) is 54.5.